The molecule has 3 aliphatic rings. The van der Waals surface area contributed by atoms with Gasteiger partial charge < -0.3 is 0 Å². The molecule has 0 aliphatic heterocycles. The molecule has 0 saturated carbocycles. The van der Waals surface area contributed by atoms with Gasteiger partial charge in [-0.25, -0.2) is 0 Å². The Morgan fingerprint density at radius 2 is 1.25 bits per heavy atom. The molecule has 0 spiro atoms. The molecule has 0 radical (unpaired) electrons. The van der Waals surface area contributed by atoms with Crippen LogP contribution >= 0.6 is 0 Å². The van der Waals surface area contributed by atoms with Crippen LogP contribution in [0, 0.1) is 0 Å². The van der Waals surface area contributed by atoms with Gasteiger partial charge in [0.25, 0.3) is 0 Å². The van der Waals surface area contributed by atoms with Crippen molar-refractivity contribution in [3.8, 4) is 33.6 Å². The van der Waals surface area contributed by atoms with Crippen LogP contribution in [0.3, 0.4) is 0 Å². The zero-order valence-electron chi connectivity index (χ0n) is 16.5. The molecule has 0 N–H and O–H groups in total. The first-order valence-electron chi connectivity index (χ1n) is 10.0. The van der Waals surface area contributed by atoms with E-state index in [4.69, 9.17) is 9.97 Å². The van der Waals surface area contributed by atoms with Crippen LogP contribution in [0.4, 0.5) is 0 Å². The lowest BCUT2D eigenvalue weighted by Crippen LogP contribution is -2.23. The summed E-state index contributed by atoms with van der Waals surface area (Å²) in [6, 6.07) is 13.9. The molecule has 4 aromatic rings. The predicted molar refractivity (Wildman–Crippen MR) is 114 cm³/mol. The van der Waals surface area contributed by atoms with Gasteiger partial charge in [0.15, 0.2) is 0 Å². The van der Waals surface area contributed by atoms with Crippen LogP contribution in [0.15, 0.2) is 48.8 Å². The van der Waals surface area contributed by atoms with Gasteiger partial charge in [-0.15, -0.1) is 0 Å². The molecule has 134 valence electrons. The lowest BCUT2D eigenvalue weighted by atomic mass is 9.68. The van der Waals surface area contributed by atoms with E-state index in [1.807, 2.05) is 12.4 Å². The van der Waals surface area contributed by atoms with Gasteiger partial charge in [-0.3, -0.25) is 9.97 Å². The lowest BCUT2D eigenvalue weighted by Gasteiger charge is -2.35. The molecule has 0 fully saturated rings. The van der Waals surface area contributed by atoms with E-state index in [1.54, 1.807) is 0 Å². The van der Waals surface area contributed by atoms with Gasteiger partial charge in [-0.2, -0.15) is 0 Å². The minimum atomic E-state index is -0.0250. The third-order valence-corrected chi connectivity index (χ3v) is 7.50. The highest BCUT2D eigenvalue weighted by molar-refractivity contribution is 6.21. The summed E-state index contributed by atoms with van der Waals surface area (Å²) in [5.74, 6) is 0. The molecule has 1 heterocycles. The quantitative estimate of drug-likeness (QED) is 0.327. The van der Waals surface area contributed by atoms with Crippen LogP contribution in [0.5, 0.6) is 0 Å². The summed E-state index contributed by atoms with van der Waals surface area (Å²) in [6.45, 7) is 9.49. The number of hydrogen-bond acceptors (Lipinski definition) is 2. The molecule has 0 unspecified atom stereocenters. The highest BCUT2D eigenvalue weighted by Crippen LogP contribution is 2.62. The van der Waals surface area contributed by atoms with Gasteiger partial charge in [0.1, 0.15) is 0 Å². The second kappa shape index (κ2) is 4.20. The number of rotatable bonds is 0. The van der Waals surface area contributed by atoms with Gasteiger partial charge >= 0.3 is 0 Å². The molecular formula is C26H20N2. The first kappa shape index (κ1) is 15.0. The van der Waals surface area contributed by atoms with E-state index in [-0.39, 0.29) is 10.8 Å². The predicted octanol–water partition coefficient (Wildman–Crippen LogP) is 6.22. The van der Waals surface area contributed by atoms with Crippen LogP contribution in [-0.4, -0.2) is 9.97 Å². The average molecular weight is 360 g/mol. The van der Waals surface area contributed by atoms with E-state index in [2.05, 4.69) is 64.1 Å². The number of hydrogen-bond donors (Lipinski definition) is 0. The SMILES string of the molecule is CC1(C)c2cccc3c2-c2c1cc1c4c(ccc(c24)C3(C)C)-c2nccnc2-1. The largest absolute Gasteiger partial charge is 0.252 e. The van der Waals surface area contributed by atoms with Crippen LogP contribution in [0.2, 0.25) is 0 Å². The Morgan fingerprint density at radius 1 is 0.607 bits per heavy atom. The third kappa shape index (κ3) is 1.34. The summed E-state index contributed by atoms with van der Waals surface area (Å²) < 4.78 is 0. The standard InChI is InChI=1S/C26H20N2/c1-25(2)15-6-5-7-16-20(15)22-18(26(16,3)4)12-14-19-13(8-9-17(25)21(19)22)23-24(14)28-11-10-27-23/h5-12H,1-4H3. The lowest BCUT2D eigenvalue weighted by molar-refractivity contribution is 0.639. The van der Waals surface area contributed by atoms with Gasteiger partial charge in [-0.05, 0) is 44.8 Å². The molecule has 0 bridgehead atoms. The van der Waals surface area contributed by atoms with Crippen molar-refractivity contribution in [2.45, 2.75) is 38.5 Å². The van der Waals surface area contributed by atoms with Crippen LogP contribution < -0.4 is 0 Å². The molecule has 1 aromatic heterocycles. The first-order valence-corrected chi connectivity index (χ1v) is 10.0. The molecule has 0 atom stereocenters. The number of fused-ring (bicyclic) bond motifs is 3. The summed E-state index contributed by atoms with van der Waals surface area (Å²) in [5, 5.41) is 2.78. The molecule has 2 nitrogen and oxygen atoms in total. The molecular weight excluding hydrogens is 340 g/mol. The van der Waals surface area contributed by atoms with Crippen molar-refractivity contribution in [2.75, 3.05) is 0 Å². The monoisotopic (exact) mass is 360 g/mol. The summed E-state index contributed by atoms with van der Waals surface area (Å²) in [7, 11) is 0. The zero-order valence-corrected chi connectivity index (χ0v) is 16.5. The highest BCUT2D eigenvalue weighted by Gasteiger charge is 2.46. The van der Waals surface area contributed by atoms with Crippen LogP contribution in [0.1, 0.15) is 49.9 Å². The zero-order chi connectivity index (χ0) is 19.0. The maximum atomic E-state index is 4.74. The molecule has 7 rings (SSSR count). The van der Waals surface area contributed by atoms with Gasteiger partial charge in [0.05, 0.1) is 11.4 Å². The summed E-state index contributed by atoms with van der Waals surface area (Å²) in [6.07, 6.45) is 3.63. The van der Waals surface area contributed by atoms with Gasteiger partial charge in [-0.1, -0.05) is 58.0 Å². The van der Waals surface area contributed by atoms with E-state index >= 15 is 0 Å². The van der Waals surface area contributed by atoms with E-state index in [1.165, 1.54) is 55.3 Å². The van der Waals surface area contributed by atoms with Crippen molar-refractivity contribution in [1.82, 2.24) is 9.97 Å². The van der Waals surface area contributed by atoms with Crippen LogP contribution in [0.25, 0.3) is 44.4 Å². The molecule has 0 saturated heterocycles. The summed E-state index contributed by atoms with van der Waals surface area (Å²) >= 11 is 0. The van der Waals surface area contributed by atoms with Gasteiger partial charge in [0, 0.05) is 39.7 Å². The highest BCUT2D eigenvalue weighted by atomic mass is 14.8. The smallest absolute Gasteiger partial charge is 0.0972 e. The summed E-state index contributed by atoms with van der Waals surface area (Å²) in [5.41, 5.74) is 13.2. The fourth-order valence-corrected chi connectivity index (χ4v) is 6.11. The maximum absolute atomic E-state index is 4.74. The minimum absolute atomic E-state index is 0.00990. The Morgan fingerprint density at radius 3 is 1.96 bits per heavy atom. The third-order valence-electron chi connectivity index (χ3n) is 7.50. The van der Waals surface area contributed by atoms with Crippen molar-refractivity contribution in [3.63, 3.8) is 0 Å². The number of benzene rings is 3. The second-order valence-corrected chi connectivity index (χ2v) is 9.49. The van der Waals surface area contributed by atoms with Crippen molar-refractivity contribution in [3.05, 3.63) is 71.0 Å². The van der Waals surface area contributed by atoms with Crippen molar-refractivity contribution in [2.24, 2.45) is 0 Å². The molecule has 2 heteroatoms. The Bertz CT molecular complexity index is 1410. The van der Waals surface area contributed by atoms with Crippen LogP contribution in [-0.2, 0) is 10.8 Å². The fraction of sp³-hybridized carbons (Fsp3) is 0.231. The van der Waals surface area contributed by atoms with E-state index in [0.29, 0.717) is 0 Å². The Balaban J connectivity index is 1.82. The normalized spacial score (nSPS) is 17.9. The Labute approximate surface area is 164 Å². The van der Waals surface area contributed by atoms with E-state index in [0.717, 1.165) is 11.4 Å². The molecule has 3 aromatic carbocycles. The van der Waals surface area contributed by atoms with E-state index in [9.17, 15) is 0 Å². The Kier molecular flexibility index (Phi) is 2.25. The van der Waals surface area contributed by atoms with Crippen molar-refractivity contribution < 1.29 is 0 Å². The molecule has 3 aliphatic carbocycles. The van der Waals surface area contributed by atoms with Crippen molar-refractivity contribution in [1.29, 1.82) is 0 Å². The topological polar surface area (TPSA) is 25.8 Å². The van der Waals surface area contributed by atoms with Gasteiger partial charge in [0.2, 0.25) is 0 Å². The summed E-state index contributed by atoms with van der Waals surface area (Å²) in [4.78, 5) is 9.44. The number of nitrogens with zero attached hydrogens (tertiary/aromatic N) is 2. The fourth-order valence-electron chi connectivity index (χ4n) is 6.11. The van der Waals surface area contributed by atoms with E-state index < -0.39 is 0 Å². The molecule has 28 heavy (non-hydrogen) atoms. The average Bonchev–Trinajstić information content (AvgIpc) is 3.13. The maximum Gasteiger partial charge on any atom is 0.0972 e. The first-order chi connectivity index (χ1) is 13.4. The Hall–Kier alpha value is -3.00. The minimum Gasteiger partial charge on any atom is -0.252 e. The second-order valence-electron chi connectivity index (χ2n) is 9.49. The molecule has 0 amide bonds. The van der Waals surface area contributed by atoms with Crippen molar-refractivity contribution >= 4 is 10.8 Å². The number of aromatic nitrogens is 2.